The number of hydrazone groups is 1. The number of hydrogen-bond donors (Lipinski definition) is 2. The second-order valence-electron chi connectivity index (χ2n) is 7.13. The van der Waals surface area contributed by atoms with Crippen LogP contribution in [0, 0.1) is 13.8 Å². The van der Waals surface area contributed by atoms with Crippen LogP contribution in [0.2, 0.25) is 0 Å². The number of nitrogens with one attached hydrogen (secondary N) is 2. The lowest BCUT2D eigenvalue weighted by Gasteiger charge is -2.12. The van der Waals surface area contributed by atoms with Gasteiger partial charge in [-0.3, -0.25) is 9.59 Å². The molecule has 164 valence electrons. The molecule has 0 saturated carbocycles. The number of hydrogen-bond acceptors (Lipinski definition) is 5. The fourth-order valence-corrected chi connectivity index (χ4v) is 3.08. The first-order chi connectivity index (χ1) is 15.4. The first-order valence-corrected chi connectivity index (χ1v) is 9.96. The molecule has 7 nitrogen and oxygen atoms in total. The number of benzene rings is 3. The molecule has 0 bridgehead atoms. The van der Waals surface area contributed by atoms with Crippen LogP contribution in [0.5, 0.6) is 11.5 Å². The van der Waals surface area contributed by atoms with Crippen LogP contribution in [0.15, 0.2) is 65.8 Å². The van der Waals surface area contributed by atoms with E-state index < -0.39 is 5.91 Å². The van der Waals surface area contributed by atoms with Crippen molar-refractivity contribution >= 4 is 23.7 Å². The molecule has 0 saturated heterocycles. The van der Waals surface area contributed by atoms with E-state index in [2.05, 4.69) is 15.8 Å². The molecule has 3 aromatic rings. The van der Waals surface area contributed by atoms with Gasteiger partial charge in [0.25, 0.3) is 11.8 Å². The van der Waals surface area contributed by atoms with Gasteiger partial charge in [-0.15, -0.1) is 0 Å². The van der Waals surface area contributed by atoms with Crippen LogP contribution in [-0.4, -0.2) is 32.2 Å². The largest absolute Gasteiger partial charge is 0.493 e. The van der Waals surface area contributed by atoms with Gasteiger partial charge in [0.1, 0.15) is 0 Å². The molecule has 0 radical (unpaired) electrons. The maximum Gasteiger partial charge on any atom is 0.273 e. The highest BCUT2D eigenvalue weighted by molar-refractivity contribution is 6.09. The fourth-order valence-electron chi connectivity index (χ4n) is 3.08. The molecule has 3 rings (SSSR count). The second kappa shape index (κ2) is 10.3. The highest BCUT2D eigenvalue weighted by Crippen LogP contribution is 2.28. The van der Waals surface area contributed by atoms with Crippen LogP contribution in [0.1, 0.15) is 37.4 Å². The first kappa shape index (κ1) is 22.6. The fraction of sp³-hybridized carbons (Fsp3) is 0.160. The zero-order valence-electron chi connectivity index (χ0n) is 18.4. The SMILES string of the molecule is COc1ccc(C(=O)Nc2ccccc2C(=O)N/N=C/c2cc(C)ccc2C)cc1OC. The Morgan fingerprint density at radius 2 is 1.62 bits per heavy atom. The molecule has 0 unspecified atom stereocenters. The lowest BCUT2D eigenvalue weighted by atomic mass is 10.1. The smallest absolute Gasteiger partial charge is 0.273 e. The molecule has 2 amide bonds. The number of methoxy groups -OCH3 is 2. The van der Waals surface area contributed by atoms with Crippen LogP contribution in [0.4, 0.5) is 5.69 Å². The van der Waals surface area contributed by atoms with Gasteiger partial charge >= 0.3 is 0 Å². The molecule has 0 atom stereocenters. The van der Waals surface area contributed by atoms with Gasteiger partial charge in [0.2, 0.25) is 0 Å². The van der Waals surface area contributed by atoms with E-state index in [0.717, 1.165) is 16.7 Å². The van der Waals surface area contributed by atoms with Crippen molar-refractivity contribution in [1.29, 1.82) is 0 Å². The Balaban J connectivity index is 1.75. The molecule has 7 heteroatoms. The topological polar surface area (TPSA) is 89.0 Å². The number of ether oxygens (including phenoxy) is 2. The number of carbonyl (C=O) groups excluding carboxylic acids is 2. The zero-order chi connectivity index (χ0) is 23.1. The number of carbonyl (C=O) groups is 2. The van der Waals surface area contributed by atoms with Crippen LogP contribution in [0.25, 0.3) is 0 Å². The van der Waals surface area contributed by atoms with Gasteiger partial charge < -0.3 is 14.8 Å². The number of rotatable bonds is 7. The highest BCUT2D eigenvalue weighted by Gasteiger charge is 2.15. The second-order valence-corrected chi connectivity index (χ2v) is 7.13. The van der Waals surface area contributed by atoms with Crippen molar-refractivity contribution in [3.05, 3.63) is 88.5 Å². The van der Waals surface area contributed by atoms with Crippen LogP contribution < -0.4 is 20.2 Å². The van der Waals surface area contributed by atoms with E-state index in [1.165, 1.54) is 14.2 Å². The number of amides is 2. The molecule has 0 heterocycles. The van der Waals surface area contributed by atoms with Crippen molar-refractivity contribution in [2.24, 2.45) is 5.10 Å². The van der Waals surface area contributed by atoms with Gasteiger partial charge in [0.15, 0.2) is 11.5 Å². The Morgan fingerprint density at radius 3 is 2.38 bits per heavy atom. The Hall–Kier alpha value is -4.13. The minimum atomic E-state index is -0.435. The van der Waals surface area contributed by atoms with E-state index in [1.54, 1.807) is 48.7 Å². The van der Waals surface area contributed by atoms with E-state index in [9.17, 15) is 9.59 Å². The van der Waals surface area contributed by atoms with E-state index in [1.807, 2.05) is 32.0 Å². The quantitative estimate of drug-likeness (QED) is 0.430. The average molecular weight is 431 g/mol. The Labute approximate surface area is 187 Å². The predicted octanol–water partition coefficient (Wildman–Crippen LogP) is 4.34. The summed E-state index contributed by atoms with van der Waals surface area (Å²) in [5, 5.41) is 6.85. The van der Waals surface area contributed by atoms with Crippen LogP contribution in [-0.2, 0) is 0 Å². The van der Waals surface area contributed by atoms with Gasteiger partial charge in [0.05, 0.1) is 31.7 Å². The minimum absolute atomic E-state index is 0.291. The number of nitrogens with zero attached hydrogens (tertiary/aromatic N) is 1. The van der Waals surface area contributed by atoms with Gasteiger partial charge in [-0.25, -0.2) is 5.43 Å². The molecule has 0 fully saturated rings. The van der Waals surface area contributed by atoms with Crippen molar-refractivity contribution in [3.63, 3.8) is 0 Å². The first-order valence-electron chi connectivity index (χ1n) is 9.96. The molecular formula is C25H25N3O4. The third-order valence-corrected chi connectivity index (χ3v) is 4.87. The summed E-state index contributed by atoms with van der Waals surface area (Å²) in [7, 11) is 3.02. The van der Waals surface area contributed by atoms with Crippen molar-refractivity contribution in [3.8, 4) is 11.5 Å². The van der Waals surface area contributed by atoms with Gasteiger partial charge in [-0.05, 0) is 55.3 Å². The van der Waals surface area contributed by atoms with E-state index in [0.29, 0.717) is 28.3 Å². The van der Waals surface area contributed by atoms with E-state index in [-0.39, 0.29) is 5.91 Å². The molecule has 0 aliphatic rings. The molecule has 32 heavy (non-hydrogen) atoms. The third-order valence-electron chi connectivity index (χ3n) is 4.87. The predicted molar refractivity (Wildman–Crippen MR) is 125 cm³/mol. The molecule has 0 aromatic heterocycles. The van der Waals surface area contributed by atoms with E-state index in [4.69, 9.17) is 9.47 Å². The lowest BCUT2D eigenvalue weighted by molar-refractivity contribution is 0.0956. The van der Waals surface area contributed by atoms with Crippen molar-refractivity contribution in [1.82, 2.24) is 5.43 Å². The monoisotopic (exact) mass is 431 g/mol. The summed E-state index contributed by atoms with van der Waals surface area (Å²) in [6, 6.07) is 17.6. The average Bonchev–Trinajstić information content (AvgIpc) is 2.81. The Bertz CT molecular complexity index is 1170. The summed E-state index contributed by atoms with van der Waals surface area (Å²) in [4.78, 5) is 25.5. The molecule has 0 aliphatic heterocycles. The summed E-state index contributed by atoms with van der Waals surface area (Å²) >= 11 is 0. The Kier molecular flexibility index (Phi) is 7.23. The normalized spacial score (nSPS) is 10.6. The summed E-state index contributed by atoms with van der Waals surface area (Å²) < 4.78 is 10.5. The van der Waals surface area contributed by atoms with Crippen molar-refractivity contribution in [2.75, 3.05) is 19.5 Å². The Morgan fingerprint density at radius 1 is 0.875 bits per heavy atom. The summed E-state index contributed by atoms with van der Waals surface area (Å²) in [6.07, 6.45) is 1.60. The minimum Gasteiger partial charge on any atom is -0.493 e. The maximum absolute atomic E-state index is 12.8. The van der Waals surface area contributed by atoms with Gasteiger partial charge in [0, 0.05) is 5.56 Å². The lowest BCUT2D eigenvalue weighted by Crippen LogP contribution is -2.21. The van der Waals surface area contributed by atoms with Crippen molar-refractivity contribution < 1.29 is 19.1 Å². The molecule has 3 aromatic carbocycles. The number of anilines is 1. The number of aryl methyl sites for hydroxylation is 2. The summed E-state index contributed by atoms with van der Waals surface area (Å²) in [5.74, 6) is 0.136. The number of para-hydroxylation sites is 1. The van der Waals surface area contributed by atoms with Crippen LogP contribution in [0.3, 0.4) is 0 Å². The molecule has 0 aliphatic carbocycles. The molecule has 0 spiro atoms. The van der Waals surface area contributed by atoms with E-state index >= 15 is 0 Å². The molecular weight excluding hydrogens is 406 g/mol. The van der Waals surface area contributed by atoms with Gasteiger partial charge in [-0.1, -0.05) is 35.9 Å². The van der Waals surface area contributed by atoms with Crippen molar-refractivity contribution in [2.45, 2.75) is 13.8 Å². The standard InChI is InChI=1S/C25H25N3O4/c1-16-9-10-17(2)19(13-16)15-26-28-25(30)20-7-5-6-8-21(20)27-24(29)18-11-12-22(31-3)23(14-18)32-4/h5-15H,1-4H3,(H,27,29)(H,28,30)/b26-15+. The third kappa shape index (κ3) is 5.31. The maximum atomic E-state index is 12.8. The summed E-state index contributed by atoms with van der Waals surface area (Å²) in [6.45, 7) is 3.97. The highest BCUT2D eigenvalue weighted by atomic mass is 16.5. The molecule has 2 N–H and O–H groups in total. The zero-order valence-corrected chi connectivity index (χ0v) is 18.4. The summed E-state index contributed by atoms with van der Waals surface area (Å²) in [5.41, 5.74) is 6.62. The van der Waals surface area contributed by atoms with Crippen LogP contribution >= 0.6 is 0 Å². The van der Waals surface area contributed by atoms with Gasteiger partial charge in [-0.2, -0.15) is 5.10 Å².